The molecule has 1 unspecified atom stereocenters. The largest absolute Gasteiger partial charge is 0.349 e. The van der Waals surface area contributed by atoms with Crippen LogP contribution in [-0.2, 0) is 6.42 Å². The molecule has 16 heavy (non-hydrogen) atoms. The normalized spacial score (nSPS) is 12.7. The van der Waals surface area contributed by atoms with E-state index in [-0.39, 0.29) is 6.04 Å². The van der Waals surface area contributed by atoms with Gasteiger partial charge in [-0.3, -0.25) is 0 Å². The highest BCUT2D eigenvalue weighted by Crippen LogP contribution is 2.30. The van der Waals surface area contributed by atoms with Gasteiger partial charge < -0.3 is 10.7 Å². The third-order valence-electron chi connectivity index (χ3n) is 2.35. The fourth-order valence-electron chi connectivity index (χ4n) is 1.53. The summed E-state index contributed by atoms with van der Waals surface area (Å²) >= 11 is 9.55. The van der Waals surface area contributed by atoms with Crippen LogP contribution in [0.3, 0.4) is 0 Å². The van der Waals surface area contributed by atoms with Crippen molar-refractivity contribution in [3.63, 3.8) is 0 Å². The fourth-order valence-corrected chi connectivity index (χ4v) is 2.18. The Hall–Kier alpha value is -0.840. The molecule has 0 amide bonds. The summed E-state index contributed by atoms with van der Waals surface area (Å²) in [6.07, 6.45) is 4.14. The van der Waals surface area contributed by atoms with E-state index in [1.165, 1.54) is 0 Å². The van der Waals surface area contributed by atoms with E-state index in [0.29, 0.717) is 11.4 Å². The minimum absolute atomic E-state index is 0.156. The van der Waals surface area contributed by atoms with Gasteiger partial charge in [0.2, 0.25) is 0 Å². The van der Waals surface area contributed by atoms with Crippen molar-refractivity contribution in [2.24, 2.45) is 5.73 Å². The zero-order valence-electron chi connectivity index (χ0n) is 8.45. The first-order valence-electron chi connectivity index (χ1n) is 4.86. The molecule has 1 atom stereocenters. The molecule has 84 valence electrons. The highest BCUT2D eigenvalue weighted by molar-refractivity contribution is 9.10. The molecule has 3 nitrogen and oxygen atoms in total. The average Bonchev–Trinajstić information content (AvgIpc) is 2.74. The Morgan fingerprint density at radius 1 is 1.50 bits per heavy atom. The number of benzene rings is 1. The van der Waals surface area contributed by atoms with Gasteiger partial charge in [0.25, 0.3) is 0 Å². The van der Waals surface area contributed by atoms with Crippen LogP contribution in [0.25, 0.3) is 0 Å². The Balaban J connectivity index is 2.21. The standard InChI is InChI=1S/C11H11BrClN3/c12-8-3-1-2-7(11(8)13)9(14)6-10-15-4-5-16-10/h1-5,9H,6,14H2,(H,15,16). The predicted octanol–water partition coefficient (Wildman–Crippen LogP) is 3.07. The molecule has 1 heterocycles. The van der Waals surface area contributed by atoms with Crippen LogP contribution in [0.15, 0.2) is 35.1 Å². The van der Waals surface area contributed by atoms with Crippen LogP contribution in [0, 0.1) is 0 Å². The maximum atomic E-state index is 6.17. The molecule has 0 radical (unpaired) electrons. The quantitative estimate of drug-likeness (QED) is 0.915. The zero-order chi connectivity index (χ0) is 11.5. The van der Waals surface area contributed by atoms with Gasteiger partial charge in [-0.2, -0.15) is 0 Å². The van der Waals surface area contributed by atoms with Gasteiger partial charge in [0.1, 0.15) is 5.82 Å². The van der Waals surface area contributed by atoms with Crippen molar-refractivity contribution in [3.8, 4) is 0 Å². The Morgan fingerprint density at radius 3 is 3.00 bits per heavy atom. The maximum Gasteiger partial charge on any atom is 0.107 e. The van der Waals surface area contributed by atoms with Gasteiger partial charge in [0.15, 0.2) is 0 Å². The van der Waals surface area contributed by atoms with Crippen LogP contribution < -0.4 is 5.73 Å². The van der Waals surface area contributed by atoms with Gasteiger partial charge in [-0.15, -0.1) is 0 Å². The number of nitrogens with one attached hydrogen (secondary N) is 1. The van der Waals surface area contributed by atoms with Crippen LogP contribution in [-0.4, -0.2) is 9.97 Å². The number of nitrogens with zero attached hydrogens (tertiary/aromatic N) is 1. The number of halogens is 2. The van der Waals surface area contributed by atoms with Crippen molar-refractivity contribution >= 4 is 27.5 Å². The summed E-state index contributed by atoms with van der Waals surface area (Å²) in [4.78, 5) is 7.17. The molecule has 3 N–H and O–H groups in total. The lowest BCUT2D eigenvalue weighted by molar-refractivity contribution is 0.694. The van der Waals surface area contributed by atoms with Crippen LogP contribution >= 0.6 is 27.5 Å². The molecule has 1 aromatic heterocycles. The Labute approximate surface area is 107 Å². The number of hydrogen-bond donors (Lipinski definition) is 2. The van der Waals surface area contributed by atoms with Crippen LogP contribution in [0.5, 0.6) is 0 Å². The summed E-state index contributed by atoms with van der Waals surface area (Å²) in [5, 5.41) is 0.668. The van der Waals surface area contributed by atoms with Crippen molar-refractivity contribution in [2.45, 2.75) is 12.5 Å². The molecule has 0 fully saturated rings. The van der Waals surface area contributed by atoms with E-state index in [2.05, 4.69) is 25.9 Å². The average molecular weight is 301 g/mol. The smallest absolute Gasteiger partial charge is 0.107 e. The van der Waals surface area contributed by atoms with Gasteiger partial charge in [-0.25, -0.2) is 4.98 Å². The van der Waals surface area contributed by atoms with Crippen molar-refractivity contribution in [3.05, 3.63) is 51.5 Å². The summed E-state index contributed by atoms with van der Waals surface area (Å²) < 4.78 is 0.863. The number of aromatic nitrogens is 2. The second-order valence-corrected chi connectivity index (χ2v) is 4.72. The van der Waals surface area contributed by atoms with Gasteiger partial charge in [-0.1, -0.05) is 23.7 Å². The second-order valence-electron chi connectivity index (χ2n) is 3.49. The van der Waals surface area contributed by atoms with Crippen molar-refractivity contribution in [1.82, 2.24) is 9.97 Å². The van der Waals surface area contributed by atoms with Crippen molar-refractivity contribution in [1.29, 1.82) is 0 Å². The predicted molar refractivity (Wildman–Crippen MR) is 68.4 cm³/mol. The van der Waals surface area contributed by atoms with E-state index >= 15 is 0 Å². The molecule has 0 saturated carbocycles. The number of H-pyrrole nitrogens is 1. The lowest BCUT2D eigenvalue weighted by Gasteiger charge is -2.13. The molecule has 0 bridgehead atoms. The zero-order valence-corrected chi connectivity index (χ0v) is 10.8. The Kier molecular flexibility index (Phi) is 3.63. The minimum Gasteiger partial charge on any atom is -0.349 e. The van der Waals surface area contributed by atoms with E-state index in [9.17, 15) is 0 Å². The first-order valence-corrected chi connectivity index (χ1v) is 6.03. The summed E-state index contributed by atoms with van der Waals surface area (Å²) in [6.45, 7) is 0. The molecule has 0 aliphatic heterocycles. The number of hydrogen-bond acceptors (Lipinski definition) is 2. The third kappa shape index (κ3) is 2.45. The molecule has 5 heteroatoms. The second kappa shape index (κ2) is 4.99. The molecule has 1 aromatic carbocycles. The number of rotatable bonds is 3. The maximum absolute atomic E-state index is 6.17. The van der Waals surface area contributed by atoms with Crippen LogP contribution in [0.2, 0.25) is 5.02 Å². The molecular formula is C11H11BrClN3. The Morgan fingerprint density at radius 2 is 2.31 bits per heavy atom. The number of aromatic amines is 1. The molecule has 2 aromatic rings. The lowest BCUT2D eigenvalue weighted by Crippen LogP contribution is -2.14. The van der Waals surface area contributed by atoms with Crippen molar-refractivity contribution < 1.29 is 0 Å². The number of imidazole rings is 1. The van der Waals surface area contributed by atoms with Gasteiger partial charge in [-0.05, 0) is 27.6 Å². The lowest BCUT2D eigenvalue weighted by atomic mass is 10.0. The first kappa shape index (κ1) is 11.6. The molecule has 0 spiro atoms. The topological polar surface area (TPSA) is 54.7 Å². The van der Waals surface area contributed by atoms with Gasteiger partial charge >= 0.3 is 0 Å². The summed E-state index contributed by atoms with van der Waals surface area (Å²) in [5.74, 6) is 0.864. The minimum atomic E-state index is -0.156. The van der Waals surface area contributed by atoms with Crippen LogP contribution in [0.1, 0.15) is 17.4 Å². The Bertz CT molecular complexity index is 470. The molecule has 2 rings (SSSR count). The first-order chi connectivity index (χ1) is 7.68. The highest BCUT2D eigenvalue weighted by Gasteiger charge is 2.13. The third-order valence-corrected chi connectivity index (χ3v) is 3.66. The number of nitrogens with two attached hydrogens (primary N) is 1. The van der Waals surface area contributed by atoms with Crippen LogP contribution in [0.4, 0.5) is 0 Å². The molecular weight excluding hydrogens is 289 g/mol. The SMILES string of the molecule is NC(Cc1ncc[nH]1)c1cccc(Br)c1Cl. The van der Waals surface area contributed by atoms with E-state index in [4.69, 9.17) is 17.3 Å². The molecule has 0 saturated heterocycles. The molecule has 0 aliphatic rings. The molecule has 0 aliphatic carbocycles. The summed E-state index contributed by atoms with van der Waals surface area (Å²) in [7, 11) is 0. The summed E-state index contributed by atoms with van der Waals surface area (Å²) in [5.41, 5.74) is 7.01. The van der Waals surface area contributed by atoms with Crippen molar-refractivity contribution in [2.75, 3.05) is 0 Å². The van der Waals surface area contributed by atoms with Gasteiger partial charge in [0.05, 0.1) is 5.02 Å². The fraction of sp³-hybridized carbons (Fsp3) is 0.182. The van der Waals surface area contributed by atoms with E-state index < -0.39 is 0 Å². The van der Waals surface area contributed by atoms with E-state index in [0.717, 1.165) is 15.9 Å². The van der Waals surface area contributed by atoms with E-state index in [1.54, 1.807) is 12.4 Å². The van der Waals surface area contributed by atoms with E-state index in [1.807, 2.05) is 18.2 Å². The van der Waals surface area contributed by atoms with Gasteiger partial charge in [0, 0.05) is 29.3 Å². The monoisotopic (exact) mass is 299 g/mol. The summed E-state index contributed by atoms with van der Waals surface area (Å²) in [6, 6.07) is 5.59. The highest BCUT2D eigenvalue weighted by atomic mass is 79.9.